The van der Waals surface area contributed by atoms with Crippen LogP contribution in [0.15, 0.2) is 40.8 Å². The number of amides is 3. The van der Waals surface area contributed by atoms with E-state index in [9.17, 15) is 18.8 Å². The number of carbonyl (C=O) groups is 3. The summed E-state index contributed by atoms with van der Waals surface area (Å²) >= 11 is 0. The van der Waals surface area contributed by atoms with Gasteiger partial charge in [-0.15, -0.1) is 0 Å². The molecule has 1 aromatic heterocycles. The molecule has 1 N–H and O–H groups in total. The molecule has 0 radical (unpaired) electrons. The second kappa shape index (κ2) is 9.56. The van der Waals surface area contributed by atoms with Crippen molar-refractivity contribution >= 4 is 17.7 Å². The number of furan rings is 1. The van der Waals surface area contributed by atoms with Gasteiger partial charge in [-0.2, -0.15) is 0 Å². The highest BCUT2D eigenvalue weighted by Crippen LogP contribution is 2.25. The van der Waals surface area contributed by atoms with E-state index >= 15 is 0 Å². The van der Waals surface area contributed by atoms with E-state index in [1.54, 1.807) is 49.1 Å². The fraction of sp³-hybridized carbons (Fsp3) is 0.409. The zero-order chi connectivity index (χ0) is 21.7. The van der Waals surface area contributed by atoms with Crippen LogP contribution in [0, 0.1) is 5.82 Å². The molecule has 7 nitrogen and oxygen atoms in total. The summed E-state index contributed by atoms with van der Waals surface area (Å²) in [4.78, 5) is 39.6. The zero-order valence-corrected chi connectivity index (χ0v) is 17.2. The number of piperazine rings is 1. The van der Waals surface area contributed by atoms with Gasteiger partial charge in [-0.05, 0) is 38.1 Å². The number of halogens is 1. The van der Waals surface area contributed by atoms with Crippen molar-refractivity contribution in [1.29, 1.82) is 0 Å². The van der Waals surface area contributed by atoms with Crippen molar-refractivity contribution in [2.75, 3.05) is 26.2 Å². The van der Waals surface area contributed by atoms with Crippen molar-refractivity contribution in [3.63, 3.8) is 0 Å². The first-order valence-electron chi connectivity index (χ1n) is 10.1. The summed E-state index contributed by atoms with van der Waals surface area (Å²) in [5.41, 5.74) is 0.386. The summed E-state index contributed by atoms with van der Waals surface area (Å²) in [6.45, 7) is 5.01. The molecule has 0 saturated carbocycles. The molecule has 3 amide bonds. The Morgan fingerprint density at radius 3 is 2.37 bits per heavy atom. The van der Waals surface area contributed by atoms with Crippen molar-refractivity contribution in [1.82, 2.24) is 15.1 Å². The van der Waals surface area contributed by atoms with Crippen molar-refractivity contribution in [2.24, 2.45) is 0 Å². The van der Waals surface area contributed by atoms with Gasteiger partial charge in [-0.1, -0.05) is 12.1 Å². The first kappa shape index (κ1) is 21.5. The lowest BCUT2D eigenvalue weighted by molar-refractivity contribution is -0.148. The zero-order valence-electron chi connectivity index (χ0n) is 17.2. The molecule has 0 spiro atoms. The van der Waals surface area contributed by atoms with Gasteiger partial charge in [0.25, 0.3) is 0 Å². The molecule has 1 aliphatic rings. The van der Waals surface area contributed by atoms with Crippen LogP contribution in [0.1, 0.15) is 26.0 Å². The average Bonchev–Trinajstić information content (AvgIpc) is 3.20. The van der Waals surface area contributed by atoms with Gasteiger partial charge in [0.1, 0.15) is 17.3 Å². The van der Waals surface area contributed by atoms with Crippen LogP contribution >= 0.6 is 0 Å². The lowest BCUT2D eigenvalue weighted by Gasteiger charge is -2.34. The summed E-state index contributed by atoms with van der Waals surface area (Å²) < 4.78 is 19.6. The van der Waals surface area contributed by atoms with Gasteiger partial charge in [-0.3, -0.25) is 14.4 Å². The van der Waals surface area contributed by atoms with Crippen molar-refractivity contribution in [2.45, 2.75) is 32.7 Å². The maximum atomic E-state index is 13.9. The summed E-state index contributed by atoms with van der Waals surface area (Å²) in [5, 5.41) is 2.58. The number of aryl methyl sites for hydroxylation is 1. The standard InChI is InChI=1S/C22H26FN3O4/c1-15(2)24-21(28)22(29)26-13-11-25(12-14-26)20(27)10-8-16-7-9-19(30-16)17-5-3-4-6-18(17)23/h3-7,9,15H,8,10-14H2,1-2H3,(H,24,28). The molecule has 0 atom stereocenters. The highest BCUT2D eigenvalue weighted by molar-refractivity contribution is 6.35. The number of hydrogen-bond donors (Lipinski definition) is 1. The maximum absolute atomic E-state index is 13.9. The van der Waals surface area contributed by atoms with Crippen LogP contribution in [0.4, 0.5) is 4.39 Å². The Morgan fingerprint density at radius 1 is 1.03 bits per heavy atom. The van der Waals surface area contributed by atoms with Gasteiger partial charge in [0.15, 0.2) is 0 Å². The van der Waals surface area contributed by atoms with Crippen molar-refractivity contribution < 1.29 is 23.2 Å². The highest BCUT2D eigenvalue weighted by Gasteiger charge is 2.28. The second-order valence-corrected chi connectivity index (χ2v) is 7.55. The largest absolute Gasteiger partial charge is 0.461 e. The first-order valence-corrected chi connectivity index (χ1v) is 10.1. The smallest absolute Gasteiger partial charge is 0.312 e. The first-order chi connectivity index (χ1) is 14.3. The van der Waals surface area contributed by atoms with Crippen molar-refractivity contribution in [3.05, 3.63) is 48.0 Å². The molecule has 1 aromatic carbocycles. The molecule has 1 aliphatic heterocycles. The Kier molecular flexibility index (Phi) is 6.87. The minimum absolute atomic E-state index is 0.0439. The van der Waals surface area contributed by atoms with E-state index in [2.05, 4.69) is 5.32 Å². The second-order valence-electron chi connectivity index (χ2n) is 7.55. The number of nitrogens with zero attached hydrogens (tertiary/aromatic N) is 2. The van der Waals surface area contributed by atoms with Gasteiger partial charge in [0, 0.05) is 45.1 Å². The lowest BCUT2D eigenvalue weighted by atomic mass is 10.1. The molecule has 1 fully saturated rings. The topological polar surface area (TPSA) is 82.9 Å². The van der Waals surface area contributed by atoms with Gasteiger partial charge >= 0.3 is 11.8 Å². The van der Waals surface area contributed by atoms with E-state index in [0.29, 0.717) is 49.7 Å². The molecule has 1 saturated heterocycles. The van der Waals surface area contributed by atoms with E-state index in [-0.39, 0.29) is 24.2 Å². The molecule has 3 rings (SSSR count). The minimum atomic E-state index is -0.617. The van der Waals surface area contributed by atoms with Crippen LogP contribution in [-0.4, -0.2) is 59.7 Å². The van der Waals surface area contributed by atoms with E-state index in [1.807, 2.05) is 0 Å². The van der Waals surface area contributed by atoms with E-state index in [0.717, 1.165) is 0 Å². The molecule has 2 heterocycles. The quantitative estimate of drug-likeness (QED) is 0.759. The fourth-order valence-electron chi connectivity index (χ4n) is 3.33. The number of hydrogen-bond acceptors (Lipinski definition) is 4. The maximum Gasteiger partial charge on any atom is 0.312 e. The van der Waals surface area contributed by atoms with Crippen LogP contribution in [-0.2, 0) is 20.8 Å². The number of nitrogens with one attached hydrogen (secondary N) is 1. The molecular formula is C22H26FN3O4. The van der Waals surface area contributed by atoms with Crippen LogP contribution in [0.2, 0.25) is 0 Å². The van der Waals surface area contributed by atoms with Crippen LogP contribution in [0.3, 0.4) is 0 Å². The fourth-order valence-corrected chi connectivity index (χ4v) is 3.33. The van der Waals surface area contributed by atoms with Gasteiger partial charge in [0.2, 0.25) is 5.91 Å². The van der Waals surface area contributed by atoms with E-state index in [1.165, 1.54) is 11.0 Å². The lowest BCUT2D eigenvalue weighted by Crippen LogP contribution is -2.54. The Morgan fingerprint density at radius 2 is 1.70 bits per heavy atom. The average molecular weight is 415 g/mol. The normalized spacial score (nSPS) is 14.1. The van der Waals surface area contributed by atoms with Crippen LogP contribution < -0.4 is 5.32 Å². The SMILES string of the molecule is CC(C)NC(=O)C(=O)N1CCN(C(=O)CCc2ccc(-c3ccccc3F)o2)CC1. The van der Waals surface area contributed by atoms with Gasteiger partial charge in [-0.25, -0.2) is 4.39 Å². The third-order valence-corrected chi connectivity index (χ3v) is 4.92. The molecule has 0 aliphatic carbocycles. The van der Waals surface area contributed by atoms with Crippen LogP contribution in [0.25, 0.3) is 11.3 Å². The Balaban J connectivity index is 1.47. The summed E-state index contributed by atoms with van der Waals surface area (Å²) in [6, 6.07) is 9.71. The van der Waals surface area contributed by atoms with Crippen molar-refractivity contribution in [3.8, 4) is 11.3 Å². The molecule has 8 heteroatoms. The Bertz CT molecular complexity index is 917. The number of rotatable bonds is 5. The molecular weight excluding hydrogens is 389 g/mol. The van der Waals surface area contributed by atoms with Gasteiger partial charge in [0.05, 0.1) is 5.56 Å². The van der Waals surface area contributed by atoms with E-state index < -0.39 is 11.8 Å². The highest BCUT2D eigenvalue weighted by atomic mass is 19.1. The molecule has 2 aromatic rings. The monoisotopic (exact) mass is 415 g/mol. The number of carbonyl (C=O) groups excluding carboxylic acids is 3. The Labute approximate surface area is 174 Å². The molecule has 0 bridgehead atoms. The van der Waals surface area contributed by atoms with Gasteiger partial charge < -0.3 is 19.5 Å². The third-order valence-electron chi connectivity index (χ3n) is 4.92. The predicted molar refractivity (Wildman–Crippen MR) is 109 cm³/mol. The molecule has 160 valence electrons. The molecule has 30 heavy (non-hydrogen) atoms. The summed E-state index contributed by atoms with van der Waals surface area (Å²) in [5.74, 6) is -0.537. The predicted octanol–water partition coefficient (Wildman–Crippen LogP) is 2.21. The van der Waals surface area contributed by atoms with Crippen LogP contribution in [0.5, 0.6) is 0 Å². The minimum Gasteiger partial charge on any atom is -0.461 e. The van der Waals surface area contributed by atoms with E-state index in [4.69, 9.17) is 4.42 Å². The summed E-state index contributed by atoms with van der Waals surface area (Å²) in [7, 11) is 0. The third kappa shape index (κ3) is 5.25. The number of benzene rings is 1. The Hall–Kier alpha value is -3.16. The summed E-state index contributed by atoms with van der Waals surface area (Å²) in [6.07, 6.45) is 0.662. The molecule has 0 unspecified atom stereocenters.